The number of benzene rings is 1. The number of aromatic nitrogens is 1. The quantitative estimate of drug-likeness (QED) is 0.796. The Hall–Kier alpha value is -2.03. The van der Waals surface area contributed by atoms with Gasteiger partial charge in [0.05, 0.1) is 0 Å². The maximum Gasteiger partial charge on any atom is 0.259 e. The van der Waals surface area contributed by atoms with Gasteiger partial charge in [-0.1, -0.05) is 24.6 Å². The molecule has 3 nitrogen and oxygen atoms in total. The van der Waals surface area contributed by atoms with Crippen molar-refractivity contribution in [2.75, 3.05) is 0 Å². The molecule has 19 heavy (non-hydrogen) atoms. The first-order valence-corrected chi connectivity index (χ1v) is 6.79. The minimum Gasteiger partial charge on any atom is -0.507 e. The molecule has 0 saturated heterocycles. The van der Waals surface area contributed by atoms with Gasteiger partial charge in [0.2, 0.25) is 0 Å². The molecule has 1 aliphatic rings. The Bertz CT molecular complexity index is 644. The van der Waals surface area contributed by atoms with E-state index in [1.807, 2.05) is 30.3 Å². The predicted octanol–water partition coefficient (Wildman–Crippen LogP) is 2.81. The normalized spacial score (nSPS) is 14.7. The molecule has 0 amide bonds. The third-order valence-electron chi connectivity index (χ3n) is 3.76. The largest absolute Gasteiger partial charge is 0.507 e. The summed E-state index contributed by atoms with van der Waals surface area (Å²) in [6.07, 6.45) is 5.01. The summed E-state index contributed by atoms with van der Waals surface area (Å²) in [5.74, 6) is 0.161. The summed E-state index contributed by atoms with van der Waals surface area (Å²) in [6, 6.07) is 11.0. The van der Waals surface area contributed by atoms with Crippen LogP contribution in [0.2, 0.25) is 0 Å². The van der Waals surface area contributed by atoms with Gasteiger partial charge >= 0.3 is 0 Å². The van der Waals surface area contributed by atoms with Crippen molar-refractivity contribution >= 4 is 0 Å². The molecular weight excluding hydrogens is 238 g/mol. The summed E-state index contributed by atoms with van der Waals surface area (Å²) in [5.41, 5.74) is 2.66. The first kappa shape index (κ1) is 12.0. The zero-order valence-corrected chi connectivity index (χ0v) is 10.8. The molecule has 98 valence electrons. The van der Waals surface area contributed by atoms with Crippen LogP contribution in [0.1, 0.15) is 30.5 Å². The van der Waals surface area contributed by atoms with Crippen LogP contribution in [0.4, 0.5) is 0 Å². The van der Waals surface area contributed by atoms with Gasteiger partial charge < -0.3 is 5.11 Å². The van der Waals surface area contributed by atoms with Gasteiger partial charge in [0, 0.05) is 23.0 Å². The lowest BCUT2D eigenvalue weighted by atomic mass is 10.1. The number of para-hydroxylation sites is 1. The number of fused-ring (bicyclic) bond motifs is 1. The number of nitrogens with zero attached hydrogens (tertiary/aromatic N) is 1. The molecule has 2 aromatic rings. The lowest BCUT2D eigenvalue weighted by molar-refractivity contribution is 0.463. The van der Waals surface area contributed by atoms with Crippen LogP contribution in [-0.2, 0) is 12.8 Å². The Morgan fingerprint density at radius 1 is 1.00 bits per heavy atom. The molecule has 0 spiro atoms. The summed E-state index contributed by atoms with van der Waals surface area (Å²) >= 11 is 0. The summed E-state index contributed by atoms with van der Waals surface area (Å²) in [7, 11) is 0. The third kappa shape index (κ3) is 2.16. The number of aromatic hydroxyl groups is 1. The highest BCUT2D eigenvalue weighted by Crippen LogP contribution is 2.27. The van der Waals surface area contributed by atoms with Gasteiger partial charge in [-0.3, -0.25) is 9.36 Å². The van der Waals surface area contributed by atoms with Crippen LogP contribution >= 0.6 is 0 Å². The monoisotopic (exact) mass is 255 g/mol. The molecule has 0 atom stereocenters. The molecule has 3 rings (SSSR count). The van der Waals surface area contributed by atoms with Gasteiger partial charge in [-0.2, -0.15) is 0 Å². The van der Waals surface area contributed by atoms with Crippen LogP contribution in [0.5, 0.6) is 5.75 Å². The van der Waals surface area contributed by atoms with Crippen molar-refractivity contribution in [2.24, 2.45) is 0 Å². The van der Waals surface area contributed by atoms with E-state index in [-0.39, 0.29) is 11.3 Å². The fourth-order valence-electron chi connectivity index (χ4n) is 2.85. The SMILES string of the molecule is O=c1cc(O)c2c(n1-c1ccccc1)CCCCC2. The van der Waals surface area contributed by atoms with Crippen LogP contribution in [0.3, 0.4) is 0 Å². The van der Waals surface area contributed by atoms with E-state index >= 15 is 0 Å². The zero-order valence-electron chi connectivity index (χ0n) is 10.8. The number of hydrogen-bond acceptors (Lipinski definition) is 2. The summed E-state index contributed by atoms with van der Waals surface area (Å²) in [4.78, 5) is 12.2. The van der Waals surface area contributed by atoms with E-state index in [1.165, 1.54) is 6.07 Å². The molecule has 1 aromatic heterocycles. The highest BCUT2D eigenvalue weighted by atomic mass is 16.3. The number of hydrogen-bond donors (Lipinski definition) is 1. The average Bonchev–Trinajstić information content (AvgIpc) is 2.66. The van der Waals surface area contributed by atoms with E-state index in [2.05, 4.69) is 0 Å². The van der Waals surface area contributed by atoms with Gasteiger partial charge in [-0.15, -0.1) is 0 Å². The fraction of sp³-hybridized carbons (Fsp3) is 0.312. The van der Waals surface area contributed by atoms with Crippen LogP contribution in [0.15, 0.2) is 41.2 Å². The maximum atomic E-state index is 12.2. The van der Waals surface area contributed by atoms with E-state index in [4.69, 9.17) is 0 Å². The summed E-state index contributed by atoms with van der Waals surface area (Å²) < 4.78 is 1.75. The fourth-order valence-corrected chi connectivity index (χ4v) is 2.85. The molecule has 0 saturated carbocycles. The lowest BCUT2D eigenvalue weighted by Gasteiger charge is -2.16. The lowest BCUT2D eigenvalue weighted by Crippen LogP contribution is -2.22. The van der Waals surface area contributed by atoms with Crippen molar-refractivity contribution in [3.8, 4) is 11.4 Å². The highest BCUT2D eigenvalue weighted by Gasteiger charge is 2.18. The van der Waals surface area contributed by atoms with Crippen LogP contribution in [0, 0.1) is 0 Å². The van der Waals surface area contributed by atoms with Gasteiger partial charge in [0.1, 0.15) is 5.75 Å². The summed E-state index contributed by atoms with van der Waals surface area (Å²) in [5, 5.41) is 10.0. The van der Waals surface area contributed by atoms with Crippen molar-refractivity contribution in [1.29, 1.82) is 0 Å². The van der Waals surface area contributed by atoms with Crippen molar-refractivity contribution in [3.63, 3.8) is 0 Å². The molecule has 1 aromatic carbocycles. The Morgan fingerprint density at radius 3 is 2.53 bits per heavy atom. The molecule has 1 N–H and O–H groups in total. The Morgan fingerprint density at radius 2 is 1.74 bits per heavy atom. The molecule has 0 fully saturated rings. The van der Waals surface area contributed by atoms with Crippen LogP contribution in [0.25, 0.3) is 5.69 Å². The number of pyridine rings is 1. The minimum absolute atomic E-state index is 0.149. The first-order valence-electron chi connectivity index (χ1n) is 6.79. The van der Waals surface area contributed by atoms with Gasteiger partial charge in [0.25, 0.3) is 5.56 Å². The molecule has 3 heteroatoms. The van der Waals surface area contributed by atoms with Gasteiger partial charge in [0.15, 0.2) is 0 Å². The standard InChI is InChI=1S/C16H17NO2/c18-15-11-16(19)17(12-7-3-1-4-8-12)14-10-6-2-5-9-13(14)15/h1,3-4,7-8,11,18H,2,5-6,9-10H2. The molecule has 1 aliphatic carbocycles. The first-order chi connectivity index (χ1) is 9.27. The van der Waals surface area contributed by atoms with Crippen LogP contribution < -0.4 is 5.56 Å². The minimum atomic E-state index is -0.149. The molecule has 1 heterocycles. The Kier molecular flexibility index (Phi) is 3.11. The number of rotatable bonds is 1. The smallest absolute Gasteiger partial charge is 0.259 e. The van der Waals surface area contributed by atoms with E-state index in [0.717, 1.165) is 49.0 Å². The summed E-state index contributed by atoms with van der Waals surface area (Å²) in [6.45, 7) is 0. The highest BCUT2D eigenvalue weighted by molar-refractivity contribution is 5.43. The Labute approximate surface area is 112 Å². The van der Waals surface area contributed by atoms with E-state index < -0.39 is 0 Å². The van der Waals surface area contributed by atoms with E-state index in [9.17, 15) is 9.90 Å². The second-order valence-electron chi connectivity index (χ2n) is 5.02. The molecule has 0 aliphatic heterocycles. The second kappa shape index (κ2) is 4.92. The van der Waals surface area contributed by atoms with Crippen molar-refractivity contribution < 1.29 is 5.11 Å². The van der Waals surface area contributed by atoms with Gasteiger partial charge in [-0.05, 0) is 37.8 Å². The van der Waals surface area contributed by atoms with E-state index in [1.54, 1.807) is 4.57 Å². The Balaban J connectivity index is 2.27. The third-order valence-corrected chi connectivity index (χ3v) is 3.76. The molecule has 0 radical (unpaired) electrons. The zero-order chi connectivity index (χ0) is 13.2. The predicted molar refractivity (Wildman–Crippen MR) is 75.0 cm³/mol. The van der Waals surface area contributed by atoms with Gasteiger partial charge in [-0.25, -0.2) is 0 Å². The van der Waals surface area contributed by atoms with E-state index in [0.29, 0.717) is 0 Å². The molecule has 0 unspecified atom stereocenters. The average molecular weight is 255 g/mol. The molecular formula is C16H17NO2. The van der Waals surface area contributed by atoms with Crippen molar-refractivity contribution in [3.05, 3.63) is 58.0 Å². The molecule has 0 bridgehead atoms. The van der Waals surface area contributed by atoms with Crippen LogP contribution in [-0.4, -0.2) is 9.67 Å². The maximum absolute atomic E-state index is 12.2. The second-order valence-corrected chi connectivity index (χ2v) is 5.02. The topological polar surface area (TPSA) is 42.2 Å². The van der Waals surface area contributed by atoms with Crippen molar-refractivity contribution in [2.45, 2.75) is 32.1 Å². The van der Waals surface area contributed by atoms with Crippen molar-refractivity contribution in [1.82, 2.24) is 4.57 Å².